The zero-order valence-corrected chi connectivity index (χ0v) is 10.1. The largest absolute Gasteiger partial charge is 0.492 e. The molecule has 0 aliphatic heterocycles. The van der Waals surface area contributed by atoms with E-state index in [-0.39, 0.29) is 0 Å². The monoisotopic (exact) mass is 340 g/mol. The van der Waals surface area contributed by atoms with Gasteiger partial charge >= 0.3 is 0 Å². The quantitative estimate of drug-likeness (QED) is 0.458. The minimum Gasteiger partial charge on any atom is -0.492 e. The summed E-state index contributed by atoms with van der Waals surface area (Å²) in [6, 6.07) is 0. The van der Waals surface area contributed by atoms with Gasteiger partial charge in [-0.15, -0.1) is 0 Å². The molecule has 0 aromatic carbocycles. The molecule has 0 heterocycles. The van der Waals surface area contributed by atoms with Gasteiger partial charge in [-0.2, -0.15) is 0 Å². The van der Waals surface area contributed by atoms with E-state index in [2.05, 4.69) is 11.7 Å². The molecule has 0 aliphatic rings. The summed E-state index contributed by atoms with van der Waals surface area (Å²) in [5.74, 6) is -0.495. The maximum atomic E-state index is 9.48. The van der Waals surface area contributed by atoms with Crippen molar-refractivity contribution in [1.82, 2.24) is 0 Å². The molecule has 0 spiro atoms. The Morgan fingerprint density at radius 2 is 2.00 bits per heavy atom. The molecule has 0 rings (SSSR count). The van der Waals surface area contributed by atoms with E-state index in [4.69, 9.17) is 0 Å². The van der Waals surface area contributed by atoms with Crippen LogP contribution in [0.4, 0.5) is 0 Å². The third-order valence-electron chi connectivity index (χ3n) is 0.228. The van der Waals surface area contributed by atoms with Crippen LogP contribution in [-0.4, -0.2) is 13.1 Å². The summed E-state index contributed by atoms with van der Waals surface area (Å²) in [6.07, 6.45) is 0. The molecule has 0 bridgehead atoms. The van der Waals surface area contributed by atoms with Gasteiger partial charge in [0.2, 0.25) is 0 Å². The van der Waals surface area contributed by atoms with Gasteiger partial charge in [-0.1, -0.05) is 0 Å². The third-order valence-corrected chi connectivity index (χ3v) is 0.228. The molecule has 0 atom stereocenters. The first-order chi connectivity index (χ1) is 2.27. The van der Waals surface area contributed by atoms with Crippen molar-refractivity contribution >= 4 is 5.97 Å². The van der Waals surface area contributed by atoms with E-state index >= 15 is 0 Å². The number of hydrogen-bond donors (Lipinski definition) is 0. The smallest absolute Gasteiger partial charge is 0.164 e. The van der Waals surface area contributed by atoms with Crippen LogP contribution in [0.1, 0.15) is 0 Å². The van der Waals surface area contributed by atoms with Gasteiger partial charge in [-0.3, -0.25) is 11.7 Å². The summed E-state index contributed by atoms with van der Waals surface area (Å²) in [5.41, 5.74) is 0. The Kier molecular flexibility index (Phi) is 4.92. The second kappa shape index (κ2) is 3.34. The van der Waals surface area contributed by atoms with Crippen molar-refractivity contribution in [2.75, 3.05) is 7.11 Å². The van der Waals surface area contributed by atoms with Crippen molar-refractivity contribution in [3.63, 3.8) is 0 Å². The molecule has 2 nitrogen and oxygen atoms in total. The van der Waals surface area contributed by atoms with E-state index < -0.39 is 5.97 Å². The molecule has 0 saturated heterocycles. The number of methoxy groups -OCH3 is 1. The third kappa shape index (κ3) is 36.3. The van der Waals surface area contributed by atoms with Crippen molar-refractivity contribution in [2.24, 2.45) is 0 Å². The molecule has 0 amide bonds. The molecule has 32 valence electrons. The molecule has 0 aliphatic carbocycles. The summed E-state index contributed by atoms with van der Waals surface area (Å²) in [5, 5.41) is 0. The first-order valence-corrected chi connectivity index (χ1v) is 1.17. The van der Waals surface area contributed by atoms with Crippen molar-refractivity contribution in [2.45, 2.75) is 0 Å². The maximum Gasteiger partial charge on any atom is 0.164 e. The van der Waals surface area contributed by atoms with Crippen molar-refractivity contribution in [3.8, 4) is 0 Å². The Morgan fingerprint density at radius 3 is 2.00 bits per heavy atom. The van der Waals surface area contributed by atoms with Crippen molar-refractivity contribution in [1.29, 1.82) is 0 Å². The van der Waals surface area contributed by atoms with Crippen LogP contribution in [0.25, 0.3) is 0 Å². The molecule has 0 unspecified atom stereocenters. The van der Waals surface area contributed by atoms with E-state index in [1.807, 2.05) is 0 Å². The predicted molar refractivity (Wildman–Crippen MR) is 17.4 cm³/mol. The second-order valence-corrected chi connectivity index (χ2v) is 0.576. The zero-order chi connectivity index (χ0) is 4.28. The van der Waals surface area contributed by atoms with Gasteiger partial charge in [0.15, 0.2) is 5.97 Å². The van der Waals surface area contributed by atoms with Crippen molar-refractivity contribution in [3.05, 3.63) is 6.92 Å². The molecule has 3 heteroatoms. The Labute approximate surface area is 30.7 Å². The molecule has 0 aromatic rings. The topological polar surface area (TPSA) is 26.3 Å². The minimum absolute atomic E-state index is 0. The fourth-order valence-corrected chi connectivity index (χ4v) is 0. The fraction of sp³-hybridized carbons (Fsp3) is 0.333. The molecular weight excluding hydrogens is 335 g/mol. The SMILES string of the molecule is [CH2-]C(=O)OC.[Rf]. The molecule has 0 aromatic heterocycles. The average molecular weight is 340 g/mol. The van der Waals surface area contributed by atoms with Crippen molar-refractivity contribution < 1.29 is 9.53 Å². The van der Waals surface area contributed by atoms with E-state index in [1.54, 1.807) is 0 Å². The molecule has 0 N–H and O–H groups in total. The summed E-state index contributed by atoms with van der Waals surface area (Å²) in [7, 11) is 1.29. The van der Waals surface area contributed by atoms with Gasteiger partial charge < -0.3 is 4.74 Å². The summed E-state index contributed by atoms with van der Waals surface area (Å²) in [4.78, 5) is 9.48. The summed E-state index contributed by atoms with van der Waals surface area (Å²) < 4.78 is 4.00. The summed E-state index contributed by atoms with van der Waals surface area (Å²) >= 11 is 0. The Balaban J connectivity index is 0. The van der Waals surface area contributed by atoms with Crippen LogP contribution >= 0.6 is 0 Å². The number of carbonyl (C=O) groups excluding carboxylic acids is 1. The fourth-order valence-electron chi connectivity index (χ4n) is 0. The first-order valence-electron chi connectivity index (χ1n) is 1.17. The number of rotatable bonds is 0. The van der Waals surface area contributed by atoms with Gasteiger partial charge in [0.25, 0.3) is 0 Å². The molecule has 6 heavy (non-hydrogen) atoms. The van der Waals surface area contributed by atoms with Gasteiger partial charge in [0.1, 0.15) is 0 Å². The van der Waals surface area contributed by atoms with E-state index in [0.717, 1.165) is 0 Å². The van der Waals surface area contributed by atoms with E-state index in [0.29, 0.717) is 0 Å². The second-order valence-electron chi connectivity index (χ2n) is 0.576. The Hall–Kier alpha value is -1.66. The normalized spacial score (nSPS) is 5.50. The first kappa shape index (κ1) is 8.84. The van der Waals surface area contributed by atoms with Gasteiger partial charge in [0.05, 0.1) is 7.11 Å². The Bertz CT molecular complexity index is 44.1. The number of carbonyl (C=O) groups is 1. The maximum absolute atomic E-state index is 9.48. The van der Waals surface area contributed by atoms with E-state index in [1.165, 1.54) is 7.11 Å². The predicted octanol–water partition coefficient (Wildman–Crippen LogP) is -0.00651. The van der Waals surface area contributed by atoms with Gasteiger partial charge in [-0.25, -0.2) is 0 Å². The van der Waals surface area contributed by atoms with Crippen LogP contribution in [0.2, 0.25) is 0 Å². The molecule has 0 radical (unpaired) electrons. The molecule has 0 fully saturated rings. The van der Waals surface area contributed by atoms with E-state index in [9.17, 15) is 4.79 Å². The number of hydrogen-bond acceptors (Lipinski definition) is 2. The minimum atomic E-state index is -0.495. The number of esters is 1. The Morgan fingerprint density at radius 1 is 1.83 bits per heavy atom. The van der Waals surface area contributed by atoms with Crippen LogP contribution in [-0.2, 0) is 9.53 Å². The standard InChI is InChI=1S/C3H5O2.Rf/c1-3(4)5-2;/h1H2,2H3;/q-1;. The van der Waals surface area contributed by atoms with Crippen LogP contribution in [0.15, 0.2) is 0 Å². The average Bonchev–Trinajstić information content (AvgIpc) is 1.38. The van der Waals surface area contributed by atoms with Gasteiger partial charge in [-0.05, 0) is 0 Å². The van der Waals surface area contributed by atoms with Gasteiger partial charge in [0, 0.05) is 0 Å². The number of ether oxygens (including phenoxy) is 1. The zero-order valence-electron chi connectivity index (χ0n) is 3.73. The van der Waals surface area contributed by atoms with Crippen LogP contribution in [0.3, 0.4) is 0 Å². The van der Waals surface area contributed by atoms with Crippen LogP contribution in [0, 0.1) is 6.92 Å². The van der Waals surface area contributed by atoms with Crippen LogP contribution in [0.5, 0.6) is 0 Å². The molecular formula is C3H5O2Rf-. The summed E-state index contributed by atoms with van der Waals surface area (Å²) in [6.45, 7) is 2.90. The molecule has 0 saturated carbocycles. The van der Waals surface area contributed by atoms with Crippen LogP contribution < -0.4 is 0 Å².